The summed E-state index contributed by atoms with van der Waals surface area (Å²) in [6, 6.07) is 14.1. The van der Waals surface area contributed by atoms with E-state index in [9.17, 15) is 4.79 Å². The van der Waals surface area contributed by atoms with E-state index in [1.165, 1.54) is 11.1 Å². The smallest absolute Gasteiger partial charge is 0.260 e. The summed E-state index contributed by atoms with van der Waals surface area (Å²) in [5.74, 6) is 0.427. The van der Waals surface area contributed by atoms with Crippen molar-refractivity contribution in [2.24, 2.45) is 0 Å². The zero-order valence-electron chi connectivity index (χ0n) is 15.7. The molecule has 26 heavy (non-hydrogen) atoms. The standard InChI is InChI=1S/C22H26ClN2O/c1-4-25(3)12-11-21-18(14-25)17-13-15(2)9-10-20(17)24(21)22(26)16-7-5-6-8-19(16)23/h5-10,13,18,21H,4,11-12,14H2,1-3H3/q+1/t18-,21+,25-/m1/s1. The normalized spacial score (nSPS) is 27.2. The molecule has 2 aromatic rings. The molecule has 4 heteroatoms. The van der Waals surface area contributed by atoms with Crippen molar-refractivity contribution >= 4 is 23.2 Å². The predicted molar refractivity (Wildman–Crippen MR) is 107 cm³/mol. The van der Waals surface area contributed by atoms with Crippen LogP contribution in [-0.4, -0.2) is 43.1 Å². The van der Waals surface area contributed by atoms with Crippen LogP contribution in [0.25, 0.3) is 0 Å². The first kappa shape index (κ1) is 17.6. The molecule has 0 spiro atoms. The summed E-state index contributed by atoms with van der Waals surface area (Å²) >= 11 is 6.34. The van der Waals surface area contributed by atoms with Gasteiger partial charge in [0.1, 0.15) is 0 Å². The van der Waals surface area contributed by atoms with Crippen LogP contribution in [0, 0.1) is 6.92 Å². The van der Waals surface area contributed by atoms with Gasteiger partial charge in [0.2, 0.25) is 0 Å². The number of hydrogen-bond acceptors (Lipinski definition) is 1. The maximum Gasteiger partial charge on any atom is 0.260 e. The first-order chi connectivity index (χ1) is 12.4. The van der Waals surface area contributed by atoms with E-state index in [2.05, 4.69) is 39.1 Å². The Labute approximate surface area is 160 Å². The number of halogens is 1. The summed E-state index contributed by atoms with van der Waals surface area (Å²) in [6.45, 7) is 7.72. The van der Waals surface area contributed by atoms with Gasteiger partial charge in [-0.25, -0.2) is 0 Å². The molecule has 3 atom stereocenters. The Balaban J connectivity index is 1.79. The van der Waals surface area contributed by atoms with Crippen LogP contribution in [0.15, 0.2) is 42.5 Å². The molecule has 4 rings (SSSR count). The minimum atomic E-state index is 0.0285. The fourth-order valence-corrected chi connectivity index (χ4v) is 4.84. The molecule has 0 bridgehead atoms. The van der Waals surface area contributed by atoms with E-state index in [0.29, 0.717) is 16.5 Å². The largest absolute Gasteiger partial charge is 0.326 e. The molecule has 136 valence electrons. The number of benzene rings is 2. The number of carbonyl (C=O) groups excluding carboxylic acids is 1. The lowest BCUT2D eigenvalue weighted by Crippen LogP contribution is -2.56. The Kier molecular flexibility index (Phi) is 4.32. The summed E-state index contributed by atoms with van der Waals surface area (Å²) in [4.78, 5) is 15.5. The number of hydrogen-bond donors (Lipinski definition) is 0. The summed E-state index contributed by atoms with van der Waals surface area (Å²) in [6.07, 6.45) is 1.03. The van der Waals surface area contributed by atoms with E-state index >= 15 is 0 Å². The number of nitrogens with zero attached hydrogens (tertiary/aromatic N) is 2. The Morgan fingerprint density at radius 2 is 2.04 bits per heavy atom. The second-order valence-electron chi connectivity index (χ2n) is 8.02. The van der Waals surface area contributed by atoms with Gasteiger partial charge in [-0.1, -0.05) is 41.4 Å². The number of anilines is 1. The maximum atomic E-state index is 13.4. The van der Waals surface area contributed by atoms with Crippen molar-refractivity contribution in [2.75, 3.05) is 31.6 Å². The number of quaternary nitrogens is 1. The van der Waals surface area contributed by atoms with E-state index < -0.39 is 0 Å². The van der Waals surface area contributed by atoms with Gasteiger partial charge in [0.15, 0.2) is 0 Å². The van der Waals surface area contributed by atoms with Gasteiger partial charge < -0.3 is 9.38 Å². The van der Waals surface area contributed by atoms with Gasteiger partial charge in [-0.3, -0.25) is 4.79 Å². The molecule has 1 fully saturated rings. The van der Waals surface area contributed by atoms with Crippen LogP contribution >= 0.6 is 11.6 Å². The molecule has 2 aromatic carbocycles. The molecule has 0 unspecified atom stereocenters. The highest BCUT2D eigenvalue weighted by atomic mass is 35.5. The Hall–Kier alpha value is -1.84. The van der Waals surface area contributed by atoms with Crippen LogP contribution in [0.5, 0.6) is 0 Å². The molecule has 0 saturated carbocycles. The van der Waals surface area contributed by atoms with Gasteiger partial charge in [-0.2, -0.15) is 0 Å². The van der Waals surface area contributed by atoms with Crippen LogP contribution < -0.4 is 4.90 Å². The fourth-order valence-electron chi connectivity index (χ4n) is 4.63. The molecule has 0 aliphatic carbocycles. The number of rotatable bonds is 2. The molecule has 0 N–H and O–H groups in total. The van der Waals surface area contributed by atoms with E-state index in [4.69, 9.17) is 11.6 Å². The highest BCUT2D eigenvalue weighted by Crippen LogP contribution is 2.47. The zero-order valence-corrected chi connectivity index (χ0v) is 16.5. The molecule has 1 saturated heterocycles. The molecular formula is C22H26ClN2O+. The third-order valence-electron chi connectivity index (χ3n) is 6.33. The van der Waals surface area contributed by atoms with Gasteiger partial charge in [0.05, 0.1) is 49.2 Å². The number of carbonyl (C=O) groups is 1. The van der Waals surface area contributed by atoms with Crippen molar-refractivity contribution in [3.05, 3.63) is 64.2 Å². The SMILES string of the molecule is CC[N@+]1(C)CC[C@H]2[C@H](C1)c1cc(C)ccc1N2C(=O)c1ccccc1Cl. The van der Waals surface area contributed by atoms with Crippen LogP contribution in [0.4, 0.5) is 5.69 Å². The van der Waals surface area contributed by atoms with E-state index in [1.807, 2.05) is 23.1 Å². The lowest BCUT2D eigenvalue weighted by Gasteiger charge is -2.43. The van der Waals surface area contributed by atoms with Crippen LogP contribution in [0.1, 0.15) is 40.7 Å². The average molecular weight is 370 g/mol. The summed E-state index contributed by atoms with van der Waals surface area (Å²) in [5.41, 5.74) is 4.25. The summed E-state index contributed by atoms with van der Waals surface area (Å²) in [5, 5.41) is 0.527. The summed E-state index contributed by atoms with van der Waals surface area (Å²) < 4.78 is 1.07. The number of amides is 1. The van der Waals surface area contributed by atoms with Crippen molar-refractivity contribution < 1.29 is 9.28 Å². The van der Waals surface area contributed by atoms with Gasteiger partial charge in [-0.05, 0) is 37.6 Å². The lowest BCUT2D eigenvalue weighted by molar-refractivity contribution is -0.913. The van der Waals surface area contributed by atoms with E-state index in [1.54, 1.807) is 6.07 Å². The number of fused-ring (bicyclic) bond motifs is 3. The number of likely N-dealkylation sites (N-methyl/N-ethyl adjacent to an activating group) is 1. The molecule has 2 aliphatic rings. The predicted octanol–water partition coefficient (Wildman–Crippen LogP) is 4.63. The fraction of sp³-hybridized carbons (Fsp3) is 0.409. The first-order valence-electron chi connectivity index (χ1n) is 9.46. The molecule has 2 aliphatic heterocycles. The minimum absolute atomic E-state index is 0.0285. The topological polar surface area (TPSA) is 20.3 Å². The van der Waals surface area contributed by atoms with Crippen molar-refractivity contribution in [3.63, 3.8) is 0 Å². The third-order valence-corrected chi connectivity index (χ3v) is 6.66. The Bertz CT molecular complexity index is 865. The zero-order chi connectivity index (χ0) is 18.5. The second-order valence-corrected chi connectivity index (χ2v) is 8.43. The maximum absolute atomic E-state index is 13.4. The summed E-state index contributed by atoms with van der Waals surface area (Å²) in [7, 11) is 2.34. The second kappa shape index (κ2) is 6.40. The Morgan fingerprint density at radius 1 is 1.27 bits per heavy atom. The highest BCUT2D eigenvalue weighted by Gasteiger charge is 2.48. The van der Waals surface area contributed by atoms with Crippen molar-refractivity contribution in [2.45, 2.75) is 32.2 Å². The minimum Gasteiger partial charge on any atom is -0.326 e. The molecule has 0 radical (unpaired) electrons. The van der Waals surface area contributed by atoms with Crippen LogP contribution in [-0.2, 0) is 0 Å². The molecule has 2 heterocycles. The van der Waals surface area contributed by atoms with Crippen molar-refractivity contribution in [3.8, 4) is 0 Å². The monoisotopic (exact) mass is 369 g/mol. The lowest BCUT2D eigenvalue weighted by atomic mass is 9.87. The third kappa shape index (κ3) is 2.74. The molecular weight excluding hydrogens is 344 g/mol. The van der Waals surface area contributed by atoms with Gasteiger partial charge >= 0.3 is 0 Å². The van der Waals surface area contributed by atoms with E-state index in [0.717, 1.165) is 36.2 Å². The van der Waals surface area contributed by atoms with Crippen LogP contribution in [0.3, 0.4) is 0 Å². The first-order valence-corrected chi connectivity index (χ1v) is 9.83. The molecule has 3 nitrogen and oxygen atoms in total. The van der Waals surface area contributed by atoms with Crippen molar-refractivity contribution in [1.29, 1.82) is 0 Å². The Morgan fingerprint density at radius 3 is 2.77 bits per heavy atom. The molecule has 0 aromatic heterocycles. The quantitative estimate of drug-likeness (QED) is 0.706. The molecule has 1 amide bonds. The number of piperidine rings is 1. The van der Waals surface area contributed by atoms with Crippen LogP contribution in [0.2, 0.25) is 5.02 Å². The highest BCUT2D eigenvalue weighted by molar-refractivity contribution is 6.34. The van der Waals surface area contributed by atoms with Gasteiger partial charge in [0, 0.05) is 12.1 Å². The van der Waals surface area contributed by atoms with Gasteiger partial charge in [0.25, 0.3) is 5.91 Å². The van der Waals surface area contributed by atoms with Crippen molar-refractivity contribution in [1.82, 2.24) is 0 Å². The number of likely N-dealkylation sites (tertiary alicyclic amines) is 1. The van der Waals surface area contributed by atoms with E-state index in [-0.39, 0.29) is 11.9 Å². The van der Waals surface area contributed by atoms with Gasteiger partial charge in [-0.15, -0.1) is 0 Å². The number of aryl methyl sites for hydroxylation is 1. The average Bonchev–Trinajstić information content (AvgIpc) is 2.94.